The fraction of sp³-hybridized carbons (Fsp3) is 0.481. The van der Waals surface area contributed by atoms with Crippen LogP contribution in [-0.2, 0) is 4.79 Å². The molecule has 8 nitrogen and oxygen atoms in total. The van der Waals surface area contributed by atoms with Crippen molar-refractivity contribution in [2.24, 2.45) is 4.99 Å². The van der Waals surface area contributed by atoms with Crippen molar-refractivity contribution in [1.82, 2.24) is 29.9 Å². The maximum absolute atomic E-state index is 13.1. The third kappa shape index (κ3) is 5.00. The zero-order valence-electron chi connectivity index (χ0n) is 21.6. The van der Waals surface area contributed by atoms with E-state index in [1.165, 1.54) is 10.4 Å². The van der Waals surface area contributed by atoms with E-state index in [1.807, 2.05) is 25.1 Å². The van der Waals surface area contributed by atoms with Crippen molar-refractivity contribution in [2.45, 2.75) is 39.7 Å². The van der Waals surface area contributed by atoms with Gasteiger partial charge in [-0.15, -0.1) is 21.5 Å². The van der Waals surface area contributed by atoms with E-state index in [0.717, 1.165) is 72.6 Å². The summed E-state index contributed by atoms with van der Waals surface area (Å²) in [7, 11) is 2.17. The van der Waals surface area contributed by atoms with Crippen molar-refractivity contribution in [3.8, 4) is 5.00 Å². The molecule has 9 heteroatoms. The van der Waals surface area contributed by atoms with Gasteiger partial charge in [-0.3, -0.25) is 14.4 Å². The molecule has 3 aromatic rings. The van der Waals surface area contributed by atoms with Gasteiger partial charge in [0.1, 0.15) is 16.9 Å². The Morgan fingerprint density at radius 1 is 1.08 bits per heavy atom. The van der Waals surface area contributed by atoms with Gasteiger partial charge in [-0.05, 0) is 46.3 Å². The molecule has 1 saturated heterocycles. The molecule has 0 radical (unpaired) electrons. The fourth-order valence-electron chi connectivity index (χ4n) is 4.97. The predicted molar refractivity (Wildman–Crippen MR) is 144 cm³/mol. The number of hydrogen-bond acceptors (Lipinski definition) is 7. The van der Waals surface area contributed by atoms with Gasteiger partial charge in [0.05, 0.1) is 12.1 Å². The Morgan fingerprint density at radius 3 is 2.58 bits per heavy atom. The summed E-state index contributed by atoms with van der Waals surface area (Å²) in [6, 6.07) is 9.85. The largest absolute Gasteiger partial charge is 0.356 e. The van der Waals surface area contributed by atoms with E-state index in [1.54, 1.807) is 11.3 Å². The van der Waals surface area contributed by atoms with Crippen LogP contribution in [0.15, 0.2) is 35.3 Å². The first-order chi connectivity index (χ1) is 17.4. The summed E-state index contributed by atoms with van der Waals surface area (Å²) in [5.41, 5.74) is 4.30. The van der Waals surface area contributed by atoms with Gasteiger partial charge in [0.2, 0.25) is 5.91 Å². The zero-order valence-corrected chi connectivity index (χ0v) is 22.4. The summed E-state index contributed by atoms with van der Waals surface area (Å²) >= 11 is 1.74. The Bertz CT molecular complexity index is 1250. The van der Waals surface area contributed by atoms with Crippen LogP contribution in [-0.4, -0.2) is 82.5 Å². The zero-order chi connectivity index (χ0) is 25.2. The summed E-state index contributed by atoms with van der Waals surface area (Å²) < 4.78 is 2.10. The highest BCUT2D eigenvalue weighted by molar-refractivity contribution is 7.15. The maximum Gasteiger partial charge on any atom is 0.222 e. The molecule has 190 valence electrons. The molecule has 0 saturated carbocycles. The molecular formula is C27H35N7OS. The fourth-order valence-corrected chi connectivity index (χ4v) is 6.18. The van der Waals surface area contributed by atoms with Gasteiger partial charge < -0.3 is 15.1 Å². The Labute approximate surface area is 217 Å². The number of piperazine rings is 1. The van der Waals surface area contributed by atoms with Crippen LogP contribution in [0.5, 0.6) is 0 Å². The minimum Gasteiger partial charge on any atom is -0.356 e. The summed E-state index contributed by atoms with van der Waals surface area (Å²) in [4.78, 5) is 24.3. The normalized spacial score (nSPS) is 18.3. The topological polar surface area (TPSA) is 78.7 Å². The maximum atomic E-state index is 13.1. The second-order valence-electron chi connectivity index (χ2n) is 9.82. The molecule has 36 heavy (non-hydrogen) atoms. The third-order valence-electron chi connectivity index (χ3n) is 7.23. The lowest BCUT2D eigenvalue weighted by atomic mass is 9.99. The average molecular weight is 506 g/mol. The number of aryl methyl sites for hydroxylation is 2. The lowest BCUT2D eigenvalue weighted by Gasteiger charge is -2.32. The molecule has 1 aromatic carbocycles. The van der Waals surface area contributed by atoms with Crippen molar-refractivity contribution < 1.29 is 4.79 Å². The van der Waals surface area contributed by atoms with Gasteiger partial charge in [0, 0.05) is 48.7 Å². The second-order valence-corrected chi connectivity index (χ2v) is 11.0. The van der Waals surface area contributed by atoms with Crippen LogP contribution in [0.3, 0.4) is 0 Å². The minimum atomic E-state index is -0.404. The van der Waals surface area contributed by atoms with Crippen LogP contribution < -0.4 is 5.32 Å². The number of nitrogens with one attached hydrogen (secondary N) is 1. The van der Waals surface area contributed by atoms with Crippen molar-refractivity contribution in [1.29, 1.82) is 0 Å². The lowest BCUT2D eigenvalue weighted by Crippen LogP contribution is -2.45. The van der Waals surface area contributed by atoms with E-state index in [4.69, 9.17) is 4.99 Å². The van der Waals surface area contributed by atoms with Crippen LogP contribution in [0.25, 0.3) is 5.00 Å². The molecule has 2 aliphatic rings. The number of rotatable bonds is 7. The monoisotopic (exact) mass is 505 g/mol. The van der Waals surface area contributed by atoms with E-state index < -0.39 is 6.04 Å². The number of benzene rings is 1. The number of amides is 1. The molecule has 5 rings (SSSR count). The Balaban J connectivity index is 1.36. The van der Waals surface area contributed by atoms with Crippen LogP contribution in [0.4, 0.5) is 0 Å². The molecule has 4 heterocycles. The number of fused-ring (bicyclic) bond motifs is 3. The SMILES string of the molecule is Cc1sc2c(c1C)C(c1ccccc1)=N[C@@H](CC(=O)NCCCN1CCN(C)CC1)c1nnc(C)n1-2. The number of aromatic nitrogens is 3. The molecule has 0 aliphatic carbocycles. The van der Waals surface area contributed by atoms with E-state index in [0.29, 0.717) is 6.54 Å². The summed E-state index contributed by atoms with van der Waals surface area (Å²) in [5.74, 6) is 1.54. The van der Waals surface area contributed by atoms with Crippen LogP contribution in [0.2, 0.25) is 0 Å². The minimum absolute atomic E-state index is 0.0000932. The highest BCUT2D eigenvalue weighted by Crippen LogP contribution is 2.39. The van der Waals surface area contributed by atoms with Crippen molar-refractivity contribution in [3.05, 3.63) is 63.5 Å². The van der Waals surface area contributed by atoms with E-state index in [2.05, 4.69) is 62.9 Å². The third-order valence-corrected chi connectivity index (χ3v) is 8.43. The molecule has 1 fully saturated rings. The summed E-state index contributed by atoms with van der Waals surface area (Å²) in [5, 5.41) is 13.1. The number of thiophene rings is 1. The number of nitrogens with zero attached hydrogens (tertiary/aromatic N) is 6. The molecule has 2 aromatic heterocycles. The molecule has 1 atom stereocenters. The van der Waals surface area contributed by atoms with Gasteiger partial charge in [-0.25, -0.2) is 0 Å². The van der Waals surface area contributed by atoms with E-state index >= 15 is 0 Å². The molecule has 1 N–H and O–H groups in total. The number of aliphatic imine (C=N–C) groups is 1. The van der Waals surface area contributed by atoms with Gasteiger partial charge in [0.25, 0.3) is 0 Å². The summed E-state index contributed by atoms with van der Waals surface area (Å²) in [6.45, 7) is 12.4. The number of hydrogen-bond donors (Lipinski definition) is 1. The van der Waals surface area contributed by atoms with Gasteiger partial charge in [-0.2, -0.15) is 0 Å². The van der Waals surface area contributed by atoms with Crippen molar-refractivity contribution >= 4 is 23.0 Å². The molecule has 1 amide bonds. The van der Waals surface area contributed by atoms with Gasteiger partial charge in [-0.1, -0.05) is 30.3 Å². The van der Waals surface area contributed by atoms with Crippen molar-refractivity contribution in [2.75, 3.05) is 46.3 Å². The van der Waals surface area contributed by atoms with Crippen LogP contribution in [0, 0.1) is 20.8 Å². The molecule has 2 aliphatic heterocycles. The van der Waals surface area contributed by atoms with Crippen LogP contribution >= 0.6 is 11.3 Å². The Kier molecular flexibility index (Phi) is 7.32. The number of carbonyl (C=O) groups is 1. The Hall–Kier alpha value is -2.88. The first-order valence-corrected chi connectivity index (χ1v) is 13.6. The second kappa shape index (κ2) is 10.6. The Morgan fingerprint density at radius 2 is 1.83 bits per heavy atom. The van der Waals surface area contributed by atoms with E-state index in [9.17, 15) is 4.79 Å². The van der Waals surface area contributed by atoms with Crippen LogP contribution in [0.1, 0.15) is 52.1 Å². The first kappa shape index (κ1) is 24.8. The summed E-state index contributed by atoms with van der Waals surface area (Å²) in [6.07, 6.45) is 1.19. The first-order valence-electron chi connectivity index (χ1n) is 12.8. The highest BCUT2D eigenvalue weighted by atomic mass is 32.1. The van der Waals surface area contributed by atoms with Gasteiger partial charge >= 0.3 is 0 Å². The number of carbonyl (C=O) groups excluding carboxylic acids is 1. The molecule has 0 bridgehead atoms. The number of likely N-dealkylation sites (N-methyl/N-ethyl adjacent to an activating group) is 1. The van der Waals surface area contributed by atoms with Gasteiger partial charge in [0.15, 0.2) is 5.82 Å². The quantitative estimate of drug-likeness (QED) is 0.499. The standard InChI is InChI=1S/C27H35N7OS/c1-18-19(2)36-27-24(18)25(21-9-6-5-7-10-21)29-22(26-31-30-20(3)34(26)27)17-23(35)28-11-8-12-33-15-13-32(4)14-16-33/h5-7,9-10,22H,8,11-17H2,1-4H3,(H,28,35)/t22-/m0/s1. The smallest absolute Gasteiger partial charge is 0.222 e. The lowest BCUT2D eigenvalue weighted by molar-refractivity contribution is -0.121. The molecule has 0 spiro atoms. The average Bonchev–Trinajstić information content (AvgIpc) is 3.35. The predicted octanol–water partition coefficient (Wildman–Crippen LogP) is 3.29. The highest BCUT2D eigenvalue weighted by Gasteiger charge is 2.32. The van der Waals surface area contributed by atoms with Crippen molar-refractivity contribution in [3.63, 3.8) is 0 Å². The van der Waals surface area contributed by atoms with E-state index in [-0.39, 0.29) is 12.3 Å². The molecule has 0 unspecified atom stereocenters. The molecular weight excluding hydrogens is 470 g/mol.